The van der Waals surface area contributed by atoms with Gasteiger partial charge in [0.15, 0.2) is 6.10 Å². The van der Waals surface area contributed by atoms with Crippen molar-refractivity contribution >= 4 is 17.8 Å². The Morgan fingerprint density at radius 2 is 2.04 bits per heavy atom. The summed E-state index contributed by atoms with van der Waals surface area (Å²) < 4.78 is 4.79. The van der Waals surface area contributed by atoms with Crippen molar-refractivity contribution < 1.29 is 24.7 Å². The van der Waals surface area contributed by atoms with Gasteiger partial charge in [-0.2, -0.15) is 5.10 Å². The van der Waals surface area contributed by atoms with E-state index in [1.807, 2.05) is 0 Å². The topological polar surface area (TPSA) is 137 Å². The lowest BCUT2D eigenvalue weighted by Gasteiger charge is -2.13. The van der Waals surface area contributed by atoms with Gasteiger partial charge in [-0.05, 0) is 11.6 Å². The van der Waals surface area contributed by atoms with E-state index in [0.717, 1.165) is 12.3 Å². The molecule has 0 saturated carbocycles. The second-order valence-electron chi connectivity index (χ2n) is 4.88. The van der Waals surface area contributed by atoms with E-state index in [4.69, 9.17) is 4.74 Å². The average molecular weight is 344 g/mol. The molecule has 0 aliphatic rings. The number of hydrogen-bond donors (Lipinski definition) is 2. The van der Waals surface area contributed by atoms with Gasteiger partial charge < -0.3 is 14.9 Å². The number of hydrazone groups is 1. The molecule has 2 aromatic carbocycles. The van der Waals surface area contributed by atoms with Crippen LogP contribution in [-0.4, -0.2) is 29.3 Å². The van der Waals surface area contributed by atoms with Crippen LogP contribution in [0.4, 0.5) is 5.69 Å². The van der Waals surface area contributed by atoms with Crippen molar-refractivity contribution in [3.63, 3.8) is 0 Å². The lowest BCUT2D eigenvalue weighted by atomic mass is 10.1. The zero-order valence-corrected chi connectivity index (χ0v) is 13.1. The van der Waals surface area contributed by atoms with Crippen molar-refractivity contribution in [2.75, 3.05) is 7.11 Å². The monoisotopic (exact) mass is 344 g/mol. The molecule has 2 rings (SSSR count). The molecule has 130 valence electrons. The molecule has 9 nitrogen and oxygen atoms in total. The molecule has 0 aromatic heterocycles. The van der Waals surface area contributed by atoms with Crippen LogP contribution in [0.2, 0.25) is 0 Å². The maximum absolute atomic E-state index is 11.8. The van der Waals surface area contributed by atoms with E-state index in [1.165, 1.54) is 13.2 Å². The van der Waals surface area contributed by atoms with E-state index in [0.29, 0.717) is 5.56 Å². The van der Waals surface area contributed by atoms with Crippen molar-refractivity contribution in [1.29, 1.82) is 0 Å². The van der Waals surface area contributed by atoms with Gasteiger partial charge in [-0.25, -0.2) is 5.43 Å². The lowest BCUT2D eigenvalue weighted by molar-refractivity contribution is -0.398. The van der Waals surface area contributed by atoms with Gasteiger partial charge in [0.2, 0.25) is 0 Å². The summed E-state index contributed by atoms with van der Waals surface area (Å²) in [4.78, 5) is 21.9. The number of nitro benzene ring substituents is 1. The Morgan fingerprint density at radius 1 is 1.36 bits per heavy atom. The van der Waals surface area contributed by atoms with Crippen LogP contribution in [0.5, 0.6) is 11.5 Å². The van der Waals surface area contributed by atoms with Gasteiger partial charge in [-0.15, -0.1) is 0 Å². The summed E-state index contributed by atoms with van der Waals surface area (Å²) in [5, 5.41) is 36.1. The Kier molecular flexibility index (Phi) is 5.64. The quantitative estimate of drug-likeness (QED) is 0.453. The number of carbonyl (C=O) groups is 1. The summed E-state index contributed by atoms with van der Waals surface area (Å²) in [6, 6.07) is 10.5. The molecule has 2 aromatic rings. The Balaban J connectivity index is 2.13. The van der Waals surface area contributed by atoms with E-state index in [-0.39, 0.29) is 11.3 Å². The highest BCUT2D eigenvalue weighted by molar-refractivity contribution is 5.86. The van der Waals surface area contributed by atoms with Crippen LogP contribution in [0.15, 0.2) is 47.6 Å². The van der Waals surface area contributed by atoms with Crippen LogP contribution in [0.1, 0.15) is 17.2 Å². The molecule has 2 N–H and O–H groups in total. The summed E-state index contributed by atoms with van der Waals surface area (Å²) >= 11 is 0. The fraction of sp³-hybridized carbons (Fsp3) is 0.125. The first-order valence-corrected chi connectivity index (χ1v) is 7.03. The minimum Gasteiger partial charge on any atom is -0.865 e. The van der Waals surface area contributed by atoms with Gasteiger partial charge >= 0.3 is 0 Å². The zero-order valence-electron chi connectivity index (χ0n) is 13.1. The van der Waals surface area contributed by atoms with Crippen LogP contribution in [-0.2, 0) is 4.79 Å². The smallest absolute Gasteiger partial charge is 0.273 e. The van der Waals surface area contributed by atoms with Crippen LogP contribution in [0.25, 0.3) is 0 Å². The minimum absolute atomic E-state index is 0.178. The first kappa shape index (κ1) is 17.9. The van der Waals surface area contributed by atoms with Crippen molar-refractivity contribution in [2.45, 2.75) is 6.10 Å². The van der Waals surface area contributed by atoms with Gasteiger partial charge in [0.25, 0.3) is 11.6 Å². The second-order valence-corrected chi connectivity index (χ2v) is 4.88. The largest absolute Gasteiger partial charge is 0.865 e. The Hall–Kier alpha value is -3.46. The number of amides is 1. The maximum Gasteiger partial charge on any atom is 0.273 e. The standard InChI is InChI=1S/C16H15N3O6/c1-25-13-8-10(7-12(15(13)21)19(23)24)9-17-18-16(22)14(20)11-5-3-2-4-6-11/h2-9,14,20-21H,1H3,(H,18,22)/p-1/b17-9-/t14-/m1/s1. The number of nitrogens with one attached hydrogen (secondary N) is 1. The van der Waals surface area contributed by atoms with Crippen molar-refractivity contribution in [2.24, 2.45) is 5.10 Å². The van der Waals surface area contributed by atoms with Gasteiger partial charge in [0.05, 0.1) is 18.2 Å². The Labute approximate surface area is 142 Å². The van der Waals surface area contributed by atoms with E-state index >= 15 is 0 Å². The molecule has 1 atom stereocenters. The number of aliphatic hydroxyl groups excluding tert-OH is 1. The summed E-state index contributed by atoms with van der Waals surface area (Å²) in [6.45, 7) is 0. The highest BCUT2D eigenvalue weighted by atomic mass is 16.6. The highest BCUT2D eigenvalue weighted by Gasteiger charge is 2.16. The summed E-state index contributed by atoms with van der Waals surface area (Å²) in [5.41, 5.74) is 2.02. The minimum atomic E-state index is -1.41. The predicted molar refractivity (Wildman–Crippen MR) is 86.2 cm³/mol. The van der Waals surface area contributed by atoms with Crippen molar-refractivity contribution in [3.8, 4) is 11.5 Å². The highest BCUT2D eigenvalue weighted by Crippen LogP contribution is 2.33. The van der Waals surface area contributed by atoms with E-state index in [9.17, 15) is 25.1 Å². The third-order valence-corrected chi connectivity index (χ3v) is 3.23. The SMILES string of the molecule is COc1cc(/C=N\NC(=O)[C@H](O)c2ccccc2)cc([N+](=O)[O-])c1[O-]. The van der Waals surface area contributed by atoms with Crippen LogP contribution < -0.4 is 15.3 Å². The summed E-state index contributed by atoms with van der Waals surface area (Å²) in [7, 11) is 1.21. The number of nitro groups is 1. The van der Waals surface area contributed by atoms with Gasteiger partial charge in [0, 0.05) is 17.4 Å². The molecule has 0 heterocycles. The second kappa shape index (κ2) is 7.88. The lowest BCUT2D eigenvalue weighted by Crippen LogP contribution is -2.25. The molecule has 0 radical (unpaired) electrons. The predicted octanol–water partition coefficient (Wildman–Crippen LogP) is 0.861. The van der Waals surface area contributed by atoms with Gasteiger partial charge in [0.1, 0.15) is 5.75 Å². The van der Waals surface area contributed by atoms with E-state index in [2.05, 4.69) is 10.5 Å². The number of methoxy groups -OCH3 is 1. The fourth-order valence-corrected chi connectivity index (χ4v) is 1.99. The number of benzene rings is 2. The van der Waals surface area contributed by atoms with Gasteiger partial charge in [-0.1, -0.05) is 30.3 Å². The van der Waals surface area contributed by atoms with Crippen LogP contribution in [0.3, 0.4) is 0 Å². The van der Waals surface area contributed by atoms with Crippen molar-refractivity contribution in [3.05, 3.63) is 63.7 Å². The molecule has 0 spiro atoms. The molecule has 0 aliphatic carbocycles. The van der Waals surface area contributed by atoms with E-state index < -0.39 is 28.4 Å². The molecule has 1 amide bonds. The molecule has 0 saturated heterocycles. The third-order valence-electron chi connectivity index (χ3n) is 3.23. The van der Waals surface area contributed by atoms with E-state index in [1.54, 1.807) is 30.3 Å². The molecular formula is C16H14N3O6-. The Bertz CT molecular complexity index is 807. The van der Waals surface area contributed by atoms with Crippen molar-refractivity contribution in [1.82, 2.24) is 5.43 Å². The number of nitrogens with zero attached hydrogens (tertiary/aromatic N) is 2. The van der Waals surface area contributed by atoms with Gasteiger partial charge in [-0.3, -0.25) is 14.9 Å². The molecular weight excluding hydrogens is 330 g/mol. The third kappa shape index (κ3) is 4.30. The molecule has 0 unspecified atom stereocenters. The normalized spacial score (nSPS) is 11.9. The molecule has 0 fully saturated rings. The molecule has 9 heteroatoms. The summed E-state index contributed by atoms with van der Waals surface area (Å²) in [6.07, 6.45) is -0.309. The number of ether oxygens (including phenoxy) is 1. The first-order valence-electron chi connectivity index (χ1n) is 7.03. The Morgan fingerprint density at radius 3 is 2.64 bits per heavy atom. The average Bonchev–Trinajstić information content (AvgIpc) is 2.62. The van der Waals surface area contributed by atoms with Crippen LogP contribution in [0, 0.1) is 10.1 Å². The zero-order chi connectivity index (χ0) is 18.4. The molecule has 25 heavy (non-hydrogen) atoms. The number of carbonyl (C=O) groups excluding carboxylic acids is 1. The number of aliphatic hydroxyl groups is 1. The first-order chi connectivity index (χ1) is 11.9. The number of hydrogen-bond acceptors (Lipinski definition) is 7. The molecule has 0 bridgehead atoms. The maximum atomic E-state index is 11.8. The van der Waals surface area contributed by atoms with Crippen LogP contribution >= 0.6 is 0 Å². The number of rotatable bonds is 6. The fourth-order valence-electron chi connectivity index (χ4n) is 1.99. The summed E-state index contributed by atoms with van der Waals surface area (Å²) in [5.74, 6) is -1.84. The molecule has 0 aliphatic heterocycles.